The lowest BCUT2D eigenvalue weighted by Crippen LogP contribution is -2.37. The van der Waals surface area contributed by atoms with Crippen molar-refractivity contribution in [2.24, 2.45) is 5.73 Å². The fraction of sp³-hybridized carbons (Fsp3) is 0.625. The van der Waals surface area contributed by atoms with Crippen molar-refractivity contribution < 1.29 is 4.74 Å². The lowest BCUT2D eigenvalue weighted by atomic mass is 9.98. The first-order valence-corrected chi connectivity index (χ1v) is 7.14. The second-order valence-electron chi connectivity index (χ2n) is 5.19. The highest BCUT2D eigenvalue weighted by Gasteiger charge is 2.21. The zero-order valence-corrected chi connectivity index (χ0v) is 12.7. The number of ether oxygens (including phenoxy) is 1. The number of hydrogen-bond donors (Lipinski definition) is 1. The van der Waals surface area contributed by atoms with E-state index < -0.39 is 0 Å². The smallest absolute Gasteiger partial charge is 0.0716 e. The van der Waals surface area contributed by atoms with Gasteiger partial charge in [0, 0.05) is 25.7 Å². The Morgan fingerprint density at radius 1 is 1.32 bits per heavy atom. The third-order valence-electron chi connectivity index (χ3n) is 3.83. The third-order valence-corrected chi connectivity index (χ3v) is 3.83. The topological polar surface area (TPSA) is 38.5 Å². The summed E-state index contributed by atoms with van der Waals surface area (Å²) in [6.45, 7) is 5.76. The maximum Gasteiger partial charge on any atom is 0.0716 e. The van der Waals surface area contributed by atoms with Gasteiger partial charge < -0.3 is 10.5 Å². The van der Waals surface area contributed by atoms with Crippen molar-refractivity contribution in [2.75, 3.05) is 20.7 Å². The number of likely N-dealkylation sites (N-methyl/N-ethyl adjacent to an activating group) is 1. The van der Waals surface area contributed by atoms with Crippen molar-refractivity contribution in [1.82, 2.24) is 4.90 Å². The van der Waals surface area contributed by atoms with Gasteiger partial charge in [-0.2, -0.15) is 0 Å². The summed E-state index contributed by atoms with van der Waals surface area (Å²) in [6.07, 6.45) is 2.39. The number of nitrogens with zero attached hydrogens (tertiary/aromatic N) is 1. The normalized spacial score (nSPS) is 14.6. The highest BCUT2D eigenvalue weighted by molar-refractivity contribution is 5.30. The lowest BCUT2D eigenvalue weighted by Gasteiger charge is -2.33. The van der Waals surface area contributed by atoms with Crippen molar-refractivity contribution in [3.05, 3.63) is 35.4 Å². The summed E-state index contributed by atoms with van der Waals surface area (Å²) in [6, 6.07) is 9.22. The summed E-state index contributed by atoms with van der Waals surface area (Å²) in [4.78, 5) is 2.39. The fourth-order valence-electron chi connectivity index (χ4n) is 2.59. The van der Waals surface area contributed by atoms with Gasteiger partial charge in [-0.3, -0.25) is 4.90 Å². The first-order chi connectivity index (χ1) is 9.15. The van der Waals surface area contributed by atoms with Gasteiger partial charge in [0.1, 0.15) is 0 Å². The predicted octanol–water partition coefficient (Wildman–Crippen LogP) is 2.95. The van der Waals surface area contributed by atoms with Gasteiger partial charge in [0.05, 0.1) is 6.61 Å². The maximum absolute atomic E-state index is 6.02. The molecule has 1 aromatic carbocycles. The van der Waals surface area contributed by atoms with E-state index in [0.717, 1.165) is 0 Å². The molecule has 0 saturated heterocycles. The molecule has 3 nitrogen and oxygen atoms in total. The van der Waals surface area contributed by atoms with Crippen molar-refractivity contribution in [1.29, 1.82) is 0 Å². The molecule has 1 aromatic rings. The summed E-state index contributed by atoms with van der Waals surface area (Å²) >= 11 is 0. The largest absolute Gasteiger partial charge is 0.380 e. The highest BCUT2D eigenvalue weighted by Crippen LogP contribution is 2.25. The molecule has 108 valence electrons. The number of rotatable bonds is 8. The first kappa shape index (κ1) is 16.2. The molecule has 0 fully saturated rings. The molecule has 0 spiro atoms. The molecule has 0 radical (unpaired) electrons. The van der Waals surface area contributed by atoms with Crippen LogP contribution in [0.15, 0.2) is 24.3 Å². The van der Waals surface area contributed by atoms with E-state index in [9.17, 15) is 0 Å². The van der Waals surface area contributed by atoms with Crippen LogP contribution in [0.3, 0.4) is 0 Å². The summed E-state index contributed by atoms with van der Waals surface area (Å²) in [7, 11) is 3.90. The number of benzene rings is 1. The van der Waals surface area contributed by atoms with Crippen LogP contribution in [-0.4, -0.2) is 31.6 Å². The van der Waals surface area contributed by atoms with Crippen LogP contribution >= 0.6 is 0 Å². The molecule has 0 aliphatic heterocycles. The van der Waals surface area contributed by atoms with Gasteiger partial charge in [-0.1, -0.05) is 37.6 Å². The number of nitrogens with two attached hydrogens (primary N) is 1. The first-order valence-electron chi connectivity index (χ1n) is 7.14. The van der Waals surface area contributed by atoms with Gasteiger partial charge in [-0.25, -0.2) is 0 Å². The third kappa shape index (κ3) is 4.30. The highest BCUT2D eigenvalue weighted by atomic mass is 16.5. The Bertz CT molecular complexity index is 368. The van der Waals surface area contributed by atoms with Crippen LogP contribution in [0.5, 0.6) is 0 Å². The summed E-state index contributed by atoms with van der Waals surface area (Å²) in [5, 5.41) is 0. The Morgan fingerprint density at radius 3 is 2.58 bits per heavy atom. The van der Waals surface area contributed by atoms with Gasteiger partial charge in [-0.05, 0) is 31.5 Å². The molecular weight excluding hydrogens is 236 g/mol. The molecule has 3 heteroatoms. The summed E-state index contributed by atoms with van der Waals surface area (Å²) in [5.41, 5.74) is 8.54. The van der Waals surface area contributed by atoms with Crippen LogP contribution in [0.4, 0.5) is 0 Å². The fourth-order valence-corrected chi connectivity index (χ4v) is 2.59. The van der Waals surface area contributed by atoms with E-state index in [4.69, 9.17) is 10.5 Å². The molecule has 0 aliphatic carbocycles. The van der Waals surface area contributed by atoms with E-state index in [1.807, 2.05) is 0 Å². The Morgan fingerprint density at radius 2 is 2.00 bits per heavy atom. The Labute approximate surface area is 117 Å². The van der Waals surface area contributed by atoms with Gasteiger partial charge in [-0.15, -0.1) is 0 Å². The zero-order valence-electron chi connectivity index (χ0n) is 12.7. The molecule has 0 aromatic heterocycles. The minimum Gasteiger partial charge on any atom is -0.380 e. The standard InChI is InChI=1S/C16H28N2O/c1-5-8-13(2)18(3)16(11-17)15-10-7-6-9-14(15)12-19-4/h6-7,9-10,13,16H,5,8,11-12,17H2,1-4H3. The molecule has 1 rings (SSSR count). The summed E-state index contributed by atoms with van der Waals surface area (Å²) in [5.74, 6) is 0. The van der Waals surface area contributed by atoms with Crippen molar-refractivity contribution in [3.8, 4) is 0 Å². The molecule has 2 unspecified atom stereocenters. The second kappa shape index (κ2) is 8.31. The average Bonchev–Trinajstić information content (AvgIpc) is 2.42. The van der Waals surface area contributed by atoms with E-state index >= 15 is 0 Å². The van der Waals surface area contributed by atoms with Gasteiger partial charge in [0.15, 0.2) is 0 Å². The van der Waals surface area contributed by atoms with Crippen LogP contribution in [0.1, 0.15) is 43.9 Å². The molecule has 0 saturated carbocycles. The molecule has 0 aliphatic rings. The Balaban J connectivity index is 2.95. The molecule has 2 atom stereocenters. The van der Waals surface area contributed by atoms with Crippen LogP contribution in [0.25, 0.3) is 0 Å². The molecule has 0 bridgehead atoms. The number of methoxy groups -OCH3 is 1. The van der Waals surface area contributed by atoms with Crippen LogP contribution < -0.4 is 5.73 Å². The van der Waals surface area contributed by atoms with Crippen LogP contribution in [0, 0.1) is 0 Å². The molecule has 19 heavy (non-hydrogen) atoms. The number of hydrogen-bond acceptors (Lipinski definition) is 3. The van der Waals surface area contributed by atoms with Gasteiger partial charge in [0.25, 0.3) is 0 Å². The molecule has 0 amide bonds. The minimum atomic E-state index is 0.257. The van der Waals surface area contributed by atoms with Crippen molar-refractivity contribution >= 4 is 0 Å². The van der Waals surface area contributed by atoms with Gasteiger partial charge in [0.2, 0.25) is 0 Å². The minimum absolute atomic E-state index is 0.257. The Kier molecular flexibility index (Phi) is 7.06. The molecule has 2 N–H and O–H groups in total. The van der Waals surface area contributed by atoms with E-state index in [1.54, 1.807) is 7.11 Å². The van der Waals surface area contributed by atoms with Crippen molar-refractivity contribution in [3.63, 3.8) is 0 Å². The second-order valence-corrected chi connectivity index (χ2v) is 5.19. The quantitative estimate of drug-likeness (QED) is 0.784. The van der Waals surface area contributed by atoms with E-state index in [-0.39, 0.29) is 6.04 Å². The SMILES string of the molecule is CCCC(C)N(C)C(CN)c1ccccc1COC. The monoisotopic (exact) mass is 264 g/mol. The Hall–Kier alpha value is -0.900. The van der Waals surface area contributed by atoms with E-state index in [2.05, 4.69) is 50.1 Å². The van der Waals surface area contributed by atoms with Crippen LogP contribution in [0.2, 0.25) is 0 Å². The lowest BCUT2D eigenvalue weighted by molar-refractivity contribution is 0.166. The predicted molar refractivity (Wildman–Crippen MR) is 81.1 cm³/mol. The van der Waals surface area contributed by atoms with Crippen molar-refractivity contribution in [2.45, 2.75) is 45.4 Å². The maximum atomic E-state index is 6.02. The van der Waals surface area contributed by atoms with Gasteiger partial charge >= 0.3 is 0 Å². The molecule has 0 heterocycles. The average molecular weight is 264 g/mol. The molecular formula is C16H28N2O. The van der Waals surface area contributed by atoms with E-state index in [1.165, 1.54) is 24.0 Å². The van der Waals surface area contributed by atoms with E-state index in [0.29, 0.717) is 19.2 Å². The zero-order chi connectivity index (χ0) is 14.3. The van der Waals surface area contributed by atoms with Crippen LogP contribution in [-0.2, 0) is 11.3 Å². The summed E-state index contributed by atoms with van der Waals surface area (Å²) < 4.78 is 5.29.